The van der Waals surface area contributed by atoms with Crippen LogP contribution in [0.5, 0.6) is 0 Å². The number of nitriles is 1. The van der Waals surface area contributed by atoms with E-state index in [1.807, 2.05) is 4.72 Å². The molecule has 0 heterocycles. The molecule has 0 saturated heterocycles. The molecular formula is C15H11F3N2O2S. The van der Waals surface area contributed by atoms with Gasteiger partial charge in [-0.25, -0.2) is 8.42 Å². The van der Waals surface area contributed by atoms with Gasteiger partial charge in [0.2, 0.25) is 0 Å². The van der Waals surface area contributed by atoms with Gasteiger partial charge >= 0.3 is 6.18 Å². The fourth-order valence-electron chi connectivity index (χ4n) is 1.86. The van der Waals surface area contributed by atoms with Crippen molar-refractivity contribution in [3.63, 3.8) is 0 Å². The van der Waals surface area contributed by atoms with Crippen LogP contribution in [0.4, 0.5) is 18.9 Å². The molecule has 0 aliphatic carbocycles. The van der Waals surface area contributed by atoms with E-state index in [4.69, 9.17) is 5.26 Å². The largest absolute Gasteiger partial charge is 0.418 e. The number of rotatable bonds is 3. The van der Waals surface area contributed by atoms with E-state index in [9.17, 15) is 21.6 Å². The second kappa shape index (κ2) is 5.93. The first-order chi connectivity index (χ1) is 10.6. The van der Waals surface area contributed by atoms with E-state index >= 15 is 0 Å². The lowest BCUT2D eigenvalue weighted by atomic mass is 10.1. The smallest absolute Gasteiger partial charge is 0.279 e. The normalized spacial score (nSPS) is 11.8. The Morgan fingerprint density at radius 1 is 1.09 bits per heavy atom. The monoisotopic (exact) mass is 340 g/mol. The Kier molecular flexibility index (Phi) is 4.34. The molecule has 0 aromatic heterocycles. The molecule has 120 valence electrons. The van der Waals surface area contributed by atoms with Gasteiger partial charge < -0.3 is 0 Å². The van der Waals surface area contributed by atoms with Crippen molar-refractivity contribution in [1.29, 1.82) is 5.26 Å². The van der Waals surface area contributed by atoms with E-state index in [2.05, 4.69) is 0 Å². The molecule has 1 N–H and O–H groups in total. The Morgan fingerprint density at radius 3 is 2.22 bits per heavy atom. The molecule has 0 amide bonds. The van der Waals surface area contributed by atoms with Gasteiger partial charge in [-0.1, -0.05) is 17.7 Å². The van der Waals surface area contributed by atoms with Crippen molar-refractivity contribution in [1.82, 2.24) is 0 Å². The van der Waals surface area contributed by atoms with Gasteiger partial charge in [-0.3, -0.25) is 4.72 Å². The van der Waals surface area contributed by atoms with Crippen molar-refractivity contribution in [3.8, 4) is 6.07 Å². The first-order valence-electron chi connectivity index (χ1n) is 6.34. The van der Waals surface area contributed by atoms with Crippen molar-refractivity contribution in [3.05, 3.63) is 59.2 Å². The summed E-state index contributed by atoms with van der Waals surface area (Å²) in [6.07, 6.45) is -4.79. The third-order valence-corrected chi connectivity index (χ3v) is 4.41. The van der Waals surface area contributed by atoms with Crippen LogP contribution in [-0.2, 0) is 16.2 Å². The van der Waals surface area contributed by atoms with Gasteiger partial charge in [0, 0.05) is 0 Å². The van der Waals surface area contributed by atoms with E-state index < -0.39 is 27.5 Å². The van der Waals surface area contributed by atoms with Crippen LogP contribution in [0.15, 0.2) is 47.4 Å². The van der Waals surface area contributed by atoms with Gasteiger partial charge in [-0.2, -0.15) is 18.4 Å². The Labute approximate surface area is 131 Å². The van der Waals surface area contributed by atoms with Gasteiger partial charge in [0.15, 0.2) is 0 Å². The number of hydrogen-bond acceptors (Lipinski definition) is 3. The number of hydrogen-bond donors (Lipinski definition) is 1. The maximum atomic E-state index is 13.1. The van der Waals surface area contributed by atoms with Gasteiger partial charge in [0.05, 0.1) is 27.8 Å². The fraction of sp³-hybridized carbons (Fsp3) is 0.133. The van der Waals surface area contributed by atoms with Crippen molar-refractivity contribution in [2.24, 2.45) is 0 Å². The third kappa shape index (κ3) is 3.81. The van der Waals surface area contributed by atoms with Crippen LogP contribution >= 0.6 is 0 Å². The lowest BCUT2D eigenvalue weighted by molar-refractivity contribution is -0.136. The number of aryl methyl sites for hydroxylation is 1. The van der Waals surface area contributed by atoms with Crippen LogP contribution in [0.3, 0.4) is 0 Å². The van der Waals surface area contributed by atoms with Crippen LogP contribution < -0.4 is 4.72 Å². The number of nitrogens with zero attached hydrogens (tertiary/aromatic N) is 1. The molecular weight excluding hydrogens is 329 g/mol. The molecule has 4 nitrogen and oxygen atoms in total. The lowest BCUT2D eigenvalue weighted by Crippen LogP contribution is -2.17. The van der Waals surface area contributed by atoms with E-state index in [-0.39, 0.29) is 10.5 Å². The number of anilines is 1. The Hall–Kier alpha value is -2.53. The quantitative estimate of drug-likeness (QED) is 0.926. The minimum Gasteiger partial charge on any atom is -0.279 e. The van der Waals surface area contributed by atoms with Crippen LogP contribution in [0.25, 0.3) is 0 Å². The highest BCUT2D eigenvalue weighted by atomic mass is 32.2. The fourth-order valence-corrected chi connectivity index (χ4v) is 2.94. The molecule has 23 heavy (non-hydrogen) atoms. The molecule has 0 aliphatic heterocycles. The maximum absolute atomic E-state index is 13.1. The molecule has 0 radical (unpaired) electrons. The molecule has 0 atom stereocenters. The third-order valence-electron chi connectivity index (χ3n) is 3.03. The Bertz CT molecular complexity index is 867. The predicted molar refractivity (Wildman–Crippen MR) is 78.1 cm³/mol. The number of benzene rings is 2. The van der Waals surface area contributed by atoms with E-state index in [1.165, 1.54) is 24.3 Å². The summed E-state index contributed by atoms with van der Waals surface area (Å²) < 4.78 is 65.5. The SMILES string of the molecule is Cc1ccc(S(=O)(=O)Nc2ccc(C#N)cc2C(F)(F)F)cc1. The summed E-state index contributed by atoms with van der Waals surface area (Å²) in [5.41, 5.74) is -1.24. The maximum Gasteiger partial charge on any atom is 0.418 e. The second-order valence-corrected chi connectivity index (χ2v) is 6.47. The first-order valence-corrected chi connectivity index (χ1v) is 7.82. The summed E-state index contributed by atoms with van der Waals surface area (Å²) in [7, 11) is -4.17. The number of sulfonamides is 1. The van der Waals surface area contributed by atoms with Gasteiger partial charge in [0.1, 0.15) is 0 Å². The van der Waals surface area contributed by atoms with E-state index in [1.54, 1.807) is 13.0 Å². The molecule has 0 bridgehead atoms. The zero-order chi connectivity index (χ0) is 17.3. The summed E-state index contributed by atoms with van der Waals surface area (Å²) in [5, 5.41) is 8.70. The van der Waals surface area contributed by atoms with Crippen LogP contribution in [0.1, 0.15) is 16.7 Å². The second-order valence-electron chi connectivity index (χ2n) is 4.79. The summed E-state index contributed by atoms with van der Waals surface area (Å²) in [6.45, 7) is 1.76. The molecule has 0 fully saturated rings. The van der Waals surface area contributed by atoms with Crippen molar-refractivity contribution in [2.45, 2.75) is 18.0 Å². The topological polar surface area (TPSA) is 70.0 Å². The van der Waals surface area contributed by atoms with Crippen molar-refractivity contribution < 1.29 is 21.6 Å². The standard InChI is InChI=1S/C15H11F3N2O2S/c1-10-2-5-12(6-3-10)23(21,22)20-14-7-4-11(9-19)8-13(14)15(16,17)18/h2-8,20H,1H3. The number of halogens is 3. The summed E-state index contributed by atoms with van der Waals surface area (Å²) >= 11 is 0. The molecule has 2 rings (SSSR count). The first kappa shape index (κ1) is 16.8. The van der Waals surface area contributed by atoms with E-state index in [0.29, 0.717) is 6.07 Å². The average Bonchev–Trinajstić information content (AvgIpc) is 2.46. The minimum absolute atomic E-state index is 0.152. The van der Waals surface area contributed by atoms with Gasteiger partial charge in [-0.15, -0.1) is 0 Å². The number of alkyl halides is 3. The van der Waals surface area contributed by atoms with Crippen LogP contribution in [0.2, 0.25) is 0 Å². The summed E-state index contributed by atoms with van der Waals surface area (Å²) in [5.74, 6) is 0. The molecule has 0 unspecified atom stereocenters. The van der Waals surface area contributed by atoms with Crippen molar-refractivity contribution in [2.75, 3.05) is 4.72 Å². The zero-order valence-corrected chi connectivity index (χ0v) is 12.7. The molecule has 2 aromatic rings. The highest BCUT2D eigenvalue weighted by Gasteiger charge is 2.35. The van der Waals surface area contributed by atoms with Crippen LogP contribution in [0, 0.1) is 18.3 Å². The average molecular weight is 340 g/mol. The Balaban J connectivity index is 2.47. The molecule has 0 saturated carbocycles. The molecule has 8 heteroatoms. The van der Waals surface area contributed by atoms with Gasteiger partial charge in [0.25, 0.3) is 10.0 Å². The highest BCUT2D eigenvalue weighted by Crippen LogP contribution is 2.36. The molecule has 2 aromatic carbocycles. The lowest BCUT2D eigenvalue weighted by Gasteiger charge is -2.15. The highest BCUT2D eigenvalue weighted by molar-refractivity contribution is 7.92. The van der Waals surface area contributed by atoms with Crippen molar-refractivity contribution >= 4 is 15.7 Å². The summed E-state index contributed by atoms with van der Waals surface area (Å²) in [4.78, 5) is -0.152. The zero-order valence-electron chi connectivity index (χ0n) is 11.8. The minimum atomic E-state index is -4.79. The predicted octanol–water partition coefficient (Wildman–Crippen LogP) is 3.69. The molecule has 0 spiro atoms. The number of nitrogens with one attached hydrogen (secondary N) is 1. The Morgan fingerprint density at radius 2 is 1.70 bits per heavy atom. The van der Waals surface area contributed by atoms with Gasteiger partial charge in [-0.05, 0) is 37.3 Å². The molecule has 0 aliphatic rings. The van der Waals surface area contributed by atoms with Crippen LogP contribution in [-0.4, -0.2) is 8.42 Å². The summed E-state index contributed by atoms with van der Waals surface area (Å²) in [6, 6.07) is 9.91. The van der Waals surface area contributed by atoms with E-state index in [0.717, 1.165) is 17.7 Å².